The van der Waals surface area contributed by atoms with Gasteiger partial charge in [-0.05, 0) is 41.5 Å². The van der Waals surface area contributed by atoms with Crippen molar-refractivity contribution in [1.29, 1.82) is 0 Å². The molecule has 2 amide bonds. The van der Waals surface area contributed by atoms with Crippen LogP contribution in [-0.2, 0) is 24.1 Å². The van der Waals surface area contributed by atoms with E-state index in [1.54, 1.807) is 0 Å². The van der Waals surface area contributed by atoms with Crippen LogP contribution in [0.2, 0.25) is 0 Å². The Morgan fingerprint density at radius 3 is 2.73 bits per heavy atom. The zero-order chi connectivity index (χ0) is 15.9. The van der Waals surface area contributed by atoms with Crippen molar-refractivity contribution in [2.45, 2.75) is 33.1 Å². The van der Waals surface area contributed by atoms with E-state index in [4.69, 9.17) is 5.73 Å². The van der Waals surface area contributed by atoms with Crippen LogP contribution >= 0.6 is 11.3 Å². The van der Waals surface area contributed by atoms with Crippen LogP contribution in [-0.4, -0.2) is 11.8 Å². The largest absolute Gasteiger partial charge is 0.365 e. The molecule has 0 spiro atoms. The van der Waals surface area contributed by atoms with E-state index in [2.05, 4.69) is 30.4 Å². The van der Waals surface area contributed by atoms with Crippen LogP contribution in [0.4, 0.5) is 5.00 Å². The molecule has 3 rings (SSSR count). The predicted molar refractivity (Wildman–Crippen MR) is 89.4 cm³/mol. The maximum Gasteiger partial charge on any atom is 0.252 e. The van der Waals surface area contributed by atoms with Crippen LogP contribution in [0.15, 0.2) is 18.2 Å². The molecule has 2 aromatic rings. The number of amides is 2. The summed E-state index contributed by atoms with van der Waals surface area (Å²) in [6, 6.07) is 6.51. The smallest absolute Gasteiger partial charge is 0.252 e. The highest BCUT2D eigenvalue weighted by atomic mass is 32.1. The van der Waals surface area contributed by atoms with Crippen molar-refractivity contribution in [3.05, 3.63) is 40.5 Å². The minimum atomic E-state index is -0.476. The molecule has 1 aliphatic rings. The number of nitrogens with two attached hydrogens (primary N) is 1. The minimum Gasteiger partial charge on any atom is -0.365 e. The number of nitrogens with one attached hydrogen (secondary N) is 1. The molecule has 22 heavy (non-hydrogen) atoms. The van der Waals surface area contributed by atoms with Gasteiger partial charge in [0.1, 0.15) is 5.00 Å². The van der Waals surface area contributed by atoms with Crippen LogP contribution < -0.4 is 11.1 Å². The van der Waals surface area contributed by atoms with Gasteiger partial charge < -0.3 is 11.1 Å². The summed E-state index contributed by atoms with van der Waals surface area (Å²) in [6.45, 7) is 3.56. The van der Waals surface area contributed by atoms with Gasteiger partial charge >= 0.3 is 0 Å². The fourth-order valence-electron chi connectivity index (χ4n) is 2.96. The number of hydrogen-bond donors (Lipinski definition) is 2. The molecule has 0 bridgehead atoms. The first-order chi connectivity index (χ1) is 10.5. The summed E-state index contributed by atoms with van der Waals surface area (Å²) in [4.78, 5) is 24.3. The molecule has 1 aromatic carbocycles. The Morgan fingerprint density at radius 2 is 2.09 bits per heavy atom. The quantitative estimate of drug-likeness (QED) is 0.913. The number of hydrogen-bond acceptors (Lipinski definition) is 3. The van der Waals surface area contributed by atoms with Gasteiger partial charge in [-0.2, -0.15) is 0 Å². The van der Waals surface area contributed by atoms with Gasteiger partial charge in [-0.1, -0.05) is 25.1 Å². The number of rotatable bonds is 3. The van der Waals surface area contributed by atoms with Crippen molar-refractivity contribution < 1.29 is 9.59 Å². The standard InChI is InChI=1S/C17H18N2O2S/c1-3-10-4-5-11-6-7-12-14(16(18)21)17(19-9(2)20)22-15(12)13(11)8-10/h4-5,8H,3,6-7H2,1-2H3,(H2,18,21)(H,19,20). The van der Waals surface area contributed by atoms with Crippen molar-refractivity contribution in [3.8, 4) is 10.4 Å². The number of fused-ring (bicyclic) bond motifs is 3. The number of carbonyl (C=O) groups is 2. The number of aryl methyl sites for hydroxylation is 2. The lowest BCUT2D eigenvalue weighted by Crippen LogP contribution is -2.17. The van der Waals surface area contributed by atoms with Gasteiger partial charge in [0.05, 0.1) is 5.56 Å². The molecule has 3 N–H and O–H groups in total. The van der Waals surface area contributed by atoms with Crippen LogP contribution in [0.3, 0.4) is 0 Å². The molecule has 0 radical (unpaired) electrons. The molecular formula is C17H18N2O2S. The molecule has 1 aromatic heterocycles. The summed E-state index contributed by atoms with van der Waals surface area (Å²) in [5, 5.41) is 3.32. The summed E-state index contributed by atoms with van der Waals surface area (Å²) >= 11 is 1.45. The first-order valence-electron chi connectivity index (χ1n) is 7.36. The lowest BCUT2D eigenvalue weighted by atomic mass is 9.88. The number of benzene rings is 1. The van der Waals surface area contributed by atoms with E-state index in [-0.39, 0.29) is 5.91 Å². The highest BCUT2D eigenvalue weighted by Crippen LogP contribution is 2.45. The van der Waals surface area contributed by atoms with Gasteiger partial charge in [0.2, 0.25) is 5.91 Å². The second kappa shape index (κ2) is 5.57. The van der Waals surface area contributed by atoms with E-state index in [0.29, 0.717) is 10.6 Å². The summed E-state index contributed by atoms with van der Waals surface area (Å²) in [6.07, 6.45) is 2.64. The fraction of sp³-hybridized carbons (Fsp3) is 0.294. The third kappa shape index (κ3) is 2.41. The van der Waals surface area contributed by atoms with Crippen LogP contribution in [0.5, 0.6) is 0 Å². The Labute approximate surface area is 133 Å². The highest BCUT2D eigenvalue weighted by Gasteiger charge is 2.27. The Morgan fingerprint density at radius 1 is 1.32 bits per heavy atom. The van der Waals surface area contributed by atoms with E-state index >= 15 is 0 Å². The molecule has 1 aliphatic carbocycles. The number of thiophene rings is 1. The number of anilines is 1. The van der Waals surface area contributed by atoms with Crippen molar-refractivity contribution in [3.63, 3.8) is 0 Å². The monoisotopic (exact) mass is 314 g/mol. The molecule has 114 valence electrons. The molecule has 5 heteroatoms. The number of primary amides is 1. The normalized spacial score (nSPS) is 12.5. The second-order valence-electron chi connectivity index (χ2n) is 5.50. The van der Waals surface area contributed by atoms with E-state index in [1.807, 2.05) is 0 Å². The molecular weight excluding hydrogens is 296 g/mol. The third-order valence-electron chi connectivity index (χ3n) is 4.01. The van der Waals surface area contributed by atoms with E-state index in [9.17, 15) is 9.59 Å². The molecule has 0 aliphatic heterocycles. The van der Waals surface area contributed by atoms with Crippen molar-refractivity contribution >= 4 is 28.2 Å². The molecule has 4 nitrogen and oxygen atoms in total. The molecule has 0 saturated heterocycles. The van der Waals surface area contributed by atoms with Crippen LogP contribution in [0, 0.1) is 0 Å². The zero-order valence-corrected chi connectivity index (χ0v) is 13.5. The Bertz CT molecular complexity index is 777. The average molecular weight is 314 g/mol. The van der Waals surface area contributed by atoms with Crippen LogP contribution in [0.25, 0.3) is 10.4 Å². The summed E-state index contributed by atoms with van der Waals surface area (Å²) in [5.74, 6) is -0.667. The van der Waals surface area contributed by atoms with Gasteiger partial charge in [-0.25, -0.2) is 0 Å². The molecule has 1 heterocycles. The molecule has 0 fully saturated rings. The lowest BCUT2D eigenvalue weighted by Gasteiger charge is -2.17. The first kappa shape index (κ1) is 14.8. The molecule has 0 saturated carbocycles. The molecule has 0 atom stereocenters. The minimum absolute atomic E-state index is 0.191. The van der Waals surface area contributed by atoms with E-state index < -0.39 is 5.91 Å². The topological polar surface area (TPSA) is 72.2 Å². The second-order valence-corrected chi connectivity index (χ2v) is 6.52. The highest BCUT2D eigenvalue weighted by molar-refractivity contribution is 7.20. The van der Waals surface area contributed by atoms with Gasteiger partial charge in [-0.15, -0.1) is 11.3 Å². The van der Waals surface area contributed by atoms with E-state index in [0.717, 1.165) is 29.7 Å². The Balaban J connectivity index is 2.20. The average Bonchev–Trinajstić information content (AvgIpc) is 2.84. The predicted octanol–water partition coefficient (Wildman–Crippen LogP) is 3.13. The first-order valence-corrected chi connectivity index (χ1v) is 8.18. The molecule has 0 unspecified atom stereocenters. The zero-order valence-electron chi connectivity index (χ0n) is 12.7. The van der Waals surface area contributed by atoms with Crippen molar-refractivity contribution in [2.75, 3.05) is 5.32 Å². The maximum absolute atomic E-state index is 11.8. The summed E-state index contributed by atoms with van der Waals surface area (Å²) in [5.41, 5.74) is 10.7. The summed E-state index contributed by atoms with van der Waals surface area (Å²) < 4.78 is 0. The van der Waals surface area contributed by atoms with Crippen molar-refractivity contribution in [1.82, 2.24) is 0 Å². The SMILES string of the molecule is CCc1ccc2c(c1)-c1sc(NC(C)=O)c(C(N)=O)c1CC2. The Hall–Kier alpha value is -2.14. The van der Waals surface area contributed by atoms with Crippen LogP contribution in [0.1, 0.15) is 40.9 Å². The van der Waals surface area contributed by atoms with Gasteiger partial charge in [0.15, 0.2) is 0 Å². The summed E-state index contributed by atoms with van der Waals surface area (Å²) in [7, 11) is 0. The van der Waals surface area contributed by atoms with E-state index in [1.165, 1.54) is 35.0 Å². The van der Waals surface area contributed by atoms with Crippen molar-refractivity contribution in [2.24, 2.45) is 5.73 Å². The van der Waals surface area contributed by atoms with Gasteiger partial charge in [-0.3, -0.25) is 9.59 Å². The Kier molecular flexibility index (Phi) is 3.74. The van der Waals surface area contributed by atoms with Gasteiger partial charge in [0, 0.05) is 11.8 Å². The fourth-order valence-corrected chi connectivity index (χ4v) is 4.31. The lowest BCUT2D eigenvalue weighted by molar-refractivity contribution is -0.114. The number of carbonyl (C=O) groups excluding carboxylic acids is 2. The maximum atomic E-state index is 11.8. The third-order valence-corrected chi connectivity index (χ3v) is 5.20. The van der Waals surface area contributed by atoms with Gasteiger partial charge in [0.25, 0.3) is 5.91 Å².